The van der Waals surface area contributed by atoms with E-state index in [4.69, 9.17) is 0 Å². The number of hydrogen-bond acceptors (Lipinski definition) is 3. The van der Waals surface area contributed by atoms with Crippen molar-refractivity contribution in [3.63, 3.8) is 0 Å². The van der Waals surface area contributed by atoms with Crippen LogP contribution in [-0.4, -0.2) is 60.8 Å². The van der Waals surface area contributed by atoms with Crippen LogP contribution < -0.4 is 0 Å². The molecular weight excluding hydrogens is 212 g/mol. The number of rotatable bonds is 8. The quantitative estimate of drug-likeness (QED) is 0.659. The largest absolute Gasteiger partial charge is 0.393 e. The van der Waals surface area contributed by atoms with Crippen molar-refractivity contribution < 1.29 is 5.11 Å². The van der Waals surface area contributed by atoms with E-state index in [9.17, 15) is 5.11 Å². The van der Waals surface area contributed by atoms with Gasteiger partial charge in [-0.25, -0.2) is 0 Å². The molecule has 0 unspecified atom stereocenters. The Morgan fingerprint density at radius 3 is 2.35 bits per heavy atom. The SMILES string of the molecule is CCC[C@H](O)CCCCCN1CCN(C)CC1. The van der Waals surface area contributed by atoms with Gasteiger partial charge in [-0.3, -0.25) is 0 Å². The highest BCUT2D eigenvalue weighted by Gasteiger charge is 2.12. The van der Waals surface area contributed by atoms with E-state index in [1.165, 1.54) is 52.0 Å². The van der Waals surface area contributed by atoms with Gasteiger partial charge < -0.3 is 14.9 Å². The molecule has 0 radical (unpaired) electrons. The van der Waals surface area contributed by atoms with Crippen molar-refractivity contribution in [3.05, 3.63) is 0 Å². The van der Waals surface area contributed by atoms with Gasteiger partial charge in [-0.1, -0.05) is 26.2 Å². The lowest BCUT2D eigenvalue weighted by Crippen LogP contribution is -2.44. The zero-order valence-corrected chi connectivity index (χ0v) is 11.7. The predicted molar refractivity (Wildman–Crippen MR) is 73.3 cm³/mol. The number of aliphatic hydroxyl groups excluding tert-OH is 1. The van der Waals surface area contributed by atoms with Crippen LogP contribution >= 0.6 is 0 Å². The molecule has 0 saturated carbocycles. The van der Waals surface area contributed by atoms with Crippen LogP contribution in [0.4, 0.5) is 0 Å². The van der Waals surface area contributed by atoms with Gasteiger partial charge in [0.15, 0.2) is 0 Å². The summed E-state index contributed by atoms with van der Waals surface area (Å²) in [5.41, 5.74) is 0. The van der Waals surface area contributed by atoms with Crippen LogP contribution in [0.2, 0.25) is 0 Å². The Morgan fingerprint density at radius 1 is 1.00 bits per heavy atom. The van der Waals surface area contributed by atoms with Crippen LogP contribution in [0.1, 0.15) is 45.4 Å². The van der Waals surface area contributed by atoms with Gasteiger partial charge in [-0.15, -0.1) is 0 Å². The van der Waals surface area contributed by atoms with Gasteiger partial charge in [0.2, 0.25) is 0 Å². The van der Waals surface area contributed by atoms with Crippen LogP contribution in [0.15, 0.2) is 0 Å². The maximum absolute atomic E-state index is 9.61. The normalized spacial score (nSPS) is 20.6. The van der Waals surface area contributed by atoms with E-state index >= 15 is 0 Å². The lowest BCUT2D eigenvalue weighted by atomic mass is 10.1. The molecule has 0 aromatic carbocycles. The molecule has 3 heteroatoms. The second-order valence-corrected chi connectivity index (χ2v) is 5.44. The van der Waals surface area contributed by atoms with Gasteiger partial charge in [-0.2, -0.15) is 0 Å². The summed E-state index contributed by atoms with van der Waals surface area (Å²) in [5, 5.41) is 9.61. The van der Waals surface area contributed by atoms with Crippen molar-refractivity contribution in [2.45, 2.75) is 51.6 Å². The summed E-state index contributed by atoms with van der Waals surface area (Å²) in [7, 11) is 2.20. The molecule has 1 aliphatic heterocycles. The van der Waals surface area contributed by atoms with E-state index in [-0.39, 0.29) is 6.10 Å². The summed E-state index contributed by atoms with van der Waals surface area (Å²) in [5.74, 6) is 0. The van der Waals surface area contributed by atoms with Crippen LogP contribution in [0, 0.1) is 0 Å². The molecule has 0 aromatic heterocycles. The van der Waals surface area contributed by atoms with Gasteiger partial charge in [-0.05, 0) is 32.9 Å². The van der Waals surface area contributed by atoms with E-state index in [0.29, 0.717) is 0 Å². The lowest BCUT2D eigenvalue weighted by Gasteiger charge is -2.32. The topological polar surface area (TPSA) is 26.7 Å². The summed E-state index contributed by atoms with van der Waals surface area (Å²) < 4.78 is 0. The van der Waals surface area contributed by atoms with Crippen molar-refractivity contribution in [1.82, 2.24) is 9.80 Å². The van der Waals surface area contributed by atoms with Crippen LogP contribution in [-0.2, 0) is 0 Å². The van der Waals surface area contributed by atoms with E-state index in [2.05, 4.69) is 23.8 Å². The van der Waals surface area contributed by atoms with E-state index in [1.807, 2.05) is 0 Å². The van der Waals surface area contributed by atoms with Crippen molar-refractivity contribution >= 4 is 0 Å². The number of likely N-dealkylation sites (N-methyl/N-ethyl adjacent to an activating group) is 1. The van der Waals surface area contributed by atoms with E-state index in [0.717, 1.165) is 19.3 Å². The van der Waals surface area contributed by atoms with Crippen LogP contribution in [0.25, 0.3) is 0 Å². The minimum absolute atomic E-state index is 0.0522. The number of hydrogen-bond donors (Lipinski definition) is 1. The third-order valence-corrected chi connectivity index (χ3v) is 3.73. The second kappa shape index (κ2) is 8.90. The van der Waals surface area contributed by atoms with Crippen molar-refractivity contribution in [3.8, 4) is 0 Å². The molecule has 1 saturated heterocycles. The molecule has 1 rings (SSSR count). The molecule has 1 aliphatic rings. The third kappa shape index (κ3) is 7.02. The van der Waals surface area contributed by atoms with Gasteiger partial charge in [0.05, 0.1) is 6.10 Å². The predicted octanol–water partition coefficient (Wildman–Crippen LogP) is 1.96. The van der Waals surface area contributed by atoms with Crippen molar-refractivity contribution in [2.75, 3.05) is 39.8 Å². The van der Waals surface area contributed by atoms with Gasteiger partial charge >= 0.3 is 0 Å². The fourth-order valence-electron chi connectivity index (χ4n) is 2.44. The smallest absolute Gasteiger partial charge is 0.0540 e. The number of piperazine rings is 1. The first kappa shape index (κ1) is 14.9. The van der Waals surface area contributed by atoms with Gasteiger partial charge in [0.25, 0.3) is 0 Å². The maximum atomic E-state index is 9.61. The summed E-state index contributed by atoms with van der Waals surface area (Å²) in [4.78, 5) is 4.97. The van der Waals surface area contributed by atoms with E-state index < -0.39 is 0 Å². The molecule has 1 atom stereocenters. The third-order valence-electron chi connectivity index (χ3n) is 3.73. The first-order valence-electron chi connectivity index (χ1n) is 7.31. The average molecular weight is 242 g/mol. The molecule has 102 valence electrons. The number of nitrogens with zero attached hydrogens (tertiary/aromatic N) is 2. The Bertz CT molecular complexity index is 179. The Kier molecular flexibility index (Phi) is 7.82. The average Bonchev–Trinajstić information content (AvgIpc) is 2.31. The molecule has 0 aliphatic carbocycles. The second-order valence-electron chi connectivity index (χ2n) is 5.44. The minimum Gasteiger partial charge on any atom is -0.393 e. The highest BCUT2D eigenvalue weighted by atomic mass is 16.3. The molecule has 1 heterocycles. The summed E-state index contributed by atoms with van der Waals surface area (Å²) in [6.07, 6.45) is 6.77. The van der Waals surface area contributed by atoms with Crippen molar-refractivity contribution in [2.24, 2.45) is 0 Å². The standard InChI is InChI=1S/C14H30N2O/c1-3-7-14(17)8-5-4-6-9-16-12-10-15(2)11-13-16/h14,17H,3-13H2,1-2H3/t14-/m0/s1. The minimum atomic E-state index is -0.0522. The summed E-state index contributed by atoms with van der Waals surface area (Å²) in [6.45, 7) is 8.28. The molecule has 1 N–H and O–H groups in total. The highest BCUT2D eigenvalue weighted by molar-refractivity contribution is 4.69. The summed E-state index contributed by atoms with van der Waals surface area (Å²) in [6, 6.07) is 0. The zero-order chi connectivity index (χ0) is 12.5. The zero-order valence-electron chi connectivity index (χ0n) is 11.7. The van der Waals surface area contributed by atoms with Crippen LogP contribution in [0.3, 0.4) is 0 Å². The van der Waals surface area contributed by atoms with Crippen molar-refractivity contribution in [1.29, 1.82) is 0 Å². The Hall–Kier alpha value is -0.120. The molecule has 17 heavy (non-hydrogen) atoms. The molecule has 0 aromatic rings. The van der Waals surface area contributed by atoms with Gasteiger partial charge in [0.1, 0.15) is 0 Å². The fraction of sp³-hybridized carbons (Fsp3) is 1.00. The monoisotopic (exact) mass is 242 g/mol. The molecular formula is C14H30N2O. The molecule has 0 amide bonds. The number of unbranched alkanes of at least 4 members (excludes halogenated alkanes) is 2. The Balaban J connectivity index is 1.90. The first-order chi connectivity index (χ1) is 8.22. The van der Waals surface area contributed by atoms with E-state index in [1.54, 1.807) is 0 Å². The molecule has 0 bridgehead atoms. The Morgan fingerprint density at radius 2 is 1.71 bits per heavy atom. The van der Waals surface area contributed by atoms with Crippen LogP contribution in [0.5, 0.6) is 0 Å². The number of aliphatic hydroxyl groups is 1. The lowest BCUT2D eigenvalue weighted by molar-refractivity contribution is 0.142. The molecule has 0 spiro atoms. The molecule has 1 fully saturated rings. The fourth-order valence-corrected chi connectivity index (χ4v) is 2.44. The summed E-state index contributed by atoms with van der Waals surface area (Å²) >= 11 is 0. The maximum Gasteiger partial charge on any atom is 0.0540 e. The van der Waals surface area contributed by atoms with Gasteiger partial charge in [0, 0.05) is 26.2 Å². The first-order valence-corrected chi connectivity index (χ1v) is 7.31. The highest BCUT2D eigenvalue weighted by Crippen LogP contribution is 2.09. The molecule has 3 nitrogen and oxygen atoms in total. The Labute approximate surface area is 107 Å².